The lowest BCUT2D eigenvalue weighted by Crippen LogP contribution is -2.24. The summed E-state index contributed by atoms with van der Waals surface area (Å²) < 4.78 is 13.2. The van der Waals surface area contributed by atoms with Crippen molar-refractivity contribution < 1.29 is 18.9 Å². The van der Waals surface area contributed by atoms with Crippen LogP contribution in [0, 0.1) is 15.9 Å². The number of nitrogens with two attached hydrogens (primary N) is 1. The summed E-state index contributed by atoms with van der Waals surface area (Å²) in [7, 11) is 0. The Hall–Kier alpha value is -2.06. The number of halogens is 1. The zero-order valence-corrected chi connectivity index (χ0v) is 8.68. The third kappa shape index (κ3) is 4.13. The van der Waals surface area contributed by atoms with Gasteiger partial charge in [0.2, 0.25) is 11.7 Å². The normalized spacial score (nSPS) is 10.2. The van der Waals surface area contributed by atoms with Crippen LogP contribution in [0.1, 0.15) is 5.56 Å². The standard InChI is InChI=1S/C9H10FN3O4/c10-7-3-6(1-2-8(7)13(15)16)4-12-17-5-9(11)14/h1-3,12H,4-5H2,(H2,11,14). The van der Waals surface area contributed by atoms with Gasteiger partial charge in [0, 0.05) is 12.6 Å². The molecule has 1 aromatic carbocycles. The molecule has 0 saturated carbocycles. The molecule has 0 fully saturated rings. The molecule has 0 saturated heterocycles. The summed E-state index contributed by atoms with van der Waals surface area (Å²) >= 11 is 0. The highest BCUT2D eigenvalue weighted by Crippen LogP contribution is 2.17. The smallest absolute Gasteiger partial charge is 0.304 e. The largest absolute Gasteiger partial charge is 0.368 e. The molecule has 0 aliphatic heterocycles. The first-order chi connectivity index (χ1) is 8.00. The Balaban J connectivity index is 2.53. The predicted molar refractivity (Wildman–Crippen MR) is 55.0 cm³/mol. The number of nitrogens with zero attached hydrogens (tertiary/aromatic N) is 1. The average molecular weight is 243 g/mol. The topological polar surface area (TPSA) is 107 Å². The molecule has 1 aromatic rings. The Morgan fingerprint density at radius 2 is 2.29 bits per heavy atom. The van der Waals surface area contributed by atoms with Gasteiger partial charge in [-0.3, -0.25) is 19.7 Å². The summed E-state index contributed by atoms with van der Waals surface area (Å²) in [5.41, 5.74) is 7.03. The molecular formula is C9H10FN3O4. The maximum absolute atomic E-state index is 13.2. The van der Waals surface area contributed by atoms with Crippen LogP contribution in [-0.4, -0.2) is 17.4 Å². The van der Waals surface area contributed by atoms with Gasteiger partial charge >= 0.3 is 5.69 Å². The highest BCUT2D eigenvalue weighted by molar-refractivity contribution is 5.74. The molecule has 0 bridgehead atoms. The molecule has 0 aromatic heterocycles. The lowest BCUT2D eigenvalue weighted by Gasteiger charge is -2.04. The van der Waals surface area contributed by atoms with E-state index >= 15 is 0 Å². The van der Waals surface area contributed by atoms with E-state index in [1.54, 1.807) is 0 Å². The molecule has 3 N–H and O–H groups in total. The van der Waals surface area contributed by atoms with Gasteiger partial charge in [-0.25, -0.2) is 0 Å². The number of carbonyl (C=O) groups excluding carboxylic acids is 1. The van der Waals surface area contributed by atoms with E-state index in [1.165, 1.54) is 6.07 Å². The van der Waals surface area contributed by atoms with Crippen molar-refractivity contribution in [3.63, 3.8) is 0 Å². The van der Waals surface area contributed by atoms with Crippen molar-refractivity contribution >= 4 is 11.6 Å². The highest BCUT2D eigenvalue weighted by atomic mass is 19.1. The number of hydrogen-bond donors (Lipinski definition) is 2. The number of hydrogen-bond acceptors (Lipinski definition) is 5. The fourth-order valence-corrected chi connectivity index (χ4v) is 1.06. The lowest BCUT2D eigenvalue weighted by atomic mass is 10.2. The Labute approximate surface area is 95.5 Å². The molecule has 1 amide bonds. The number of benzene rings is 1. The van der Waals surface area contributed by atoms with E-state index in [-0.39, 0.29) is 13.2 Å². The molecule has 7 nitrogen and oxygen atoms in total. The Morgan fingerprint density at radius 1 is 1.59 bits per heavy atom. The molecule has 0 radical (unpaired) electrons. The molecule has 0 atom stereocenters. The van der Waals surface area contributed by atoms with Crippen LogP contribution in [-0.2, 0) is 16.2 Å². The number of primary amides is 1. The summed E-state index contributed by atoms with van der Waals surface area (Å²) in [6.07, 6.45) is 0. The SMILES string of the molecule is NC(=O)CONCc1ccc([N+](=O)[O-])c(F)c1. The number of hydroxylamine groups is 1. The zero-order chi connectivity index (χ0) is 12.8. The van der Waals surface area contributed by atoms with Crippen LogP contribution >= 0.6 is 0 Å². The number of nitrogens with one attached hydrogen (secondary N) is 1. The fraction of sp³-hybridized carbons (Fsp3) is 0.222. The second-order valence-corrected chi connectivity index (χ2v) is 3.12. The van der Waals surface area contributed by atoms with Crippen LogP contribution in [0.4, 0.5) is 10.1 Å². The van der Waals surface area contributed by atoms with Crippen LogP contribution in [0.3, 0.4) is 0 Å². The number of nitro benzene ring substituents is 1. The predicted octanol–water partition coefficient (Wildman–Crippen LogP) is 0.240. The third-order valence-electron chi connectivity index (χ3n) is 1.80. The van der Waals surface area contributed by atoms with Crippen molar-refractivity contribution in [2.45, 2.75) is 6.54 Å². The van der Waals surface area contributed by atoms with Crippen molar-refractivity contribution in [2.75, 3.05) is 6.61 Å². The Bertz CT molecular complexity index is 438. The first-order valence-corrected chi connectivity index (χ1v) is 4.56. The number of amides is 1. The first kappa shape index (κ1) is 13.0. The van der Waals surface area contributed by atoms with Gasteiger partial charge in [0.1, 0.15) is 6.61 Å². The third-order valence-corrected chi connectivity index (χ3v) is 1.80. The van der Waals surface area contributed by atoms with Crippen LogP contribution in [0.2, 0.25) is 0 Å². The number of rotatable bonds is 6. The molecule has 0 aliphatic carbocycles. The van der Waals surface area contributed by atoms with Crippen LogP contribution in [0.15, 0.2) is 18.2 Å². The molecule has 0 heterocycles. The van der Waals surface area contributed by atoms with Crippen LogP contribution in [0.25, 0.3) is 0 Å². The molecule has 17 heavy (non-hydrogen) atoms. The van der Waals surface area contributed by atoms with Gasteiger partial charge in [-0.05, 0) is 11.6 Å². The monoisotopic (exact) mass is 243 g/mol. The van der Waals surface area contributed by atoms with Gasteiger partial charge in [-0.15, -0.1) is 0 Å². The summed E-state index contributed by atoms with van der Waals surface area (Å²) in [5, 5.41) is 10.3. The molecule has 1 rings (SSSR count). The van der Waals surface area contributed by atoms with E-state index in [0.29, 0.717) is 5.56 Å². The van der Waals surface area contributed by atoms with E-state index in [4.69, 9.17) is 5.73 Å². The molecule has 92 valence electrons. The minimum atomic E-state index is -0.927. The van der Waals surface area contributed by atoms with Gasteiger partial charge in [0.15, 0.2) is 0 Å². The molecular weight excluding hydrogens is 233 g/mol. The second kappa shape index (κ2) is 5.87. The van der Waals surface area contributed by atoms with Crippen LogP contribution in [0.5, 0.6) is 0 Å². The molecule has 0 aliphatic rings. The van der Waals surface area contributed by atoms with E-state index in [0.717, 1.165) is 12.1 Å². The zero-order valence-electron chi connectivity index (χ0n) is 8.68. The van der Waals surface area contributed by atoms with Gasteiger partial charge in [0.25, 0.3) is 0 Å². The lowest BCUT2D eigenvalue weighted by molar-refractivity contribution is -0.387. The Morgan fingerprint density at radius 3 is 2.82 bits per heavy atom. The second-order valence-electron chi connectivity index (χ2n) is 3.12. The first-order valence-electron chi connectivity index (χ1n) is 4.56. The number of nitro groups is 1. The van der Waals surface area contributed by atoms with E-state index in [2.05, 4.69) is 10.3 Å². The van der Waals surface area contributed by atoms with E-state index in [1.807, 2.05) is 0 Å². The van der Waals surface area contributed by atoms with Crippen molar-refractivity contribution in [3.8, 4) is 0 Å². The van der Waals surface area contributed by atoms with Crippen molar-refractivity contribution in [1.29, 1.82) is 0 Å². The molecule has 0 unspecified atom stereocenters. The van der Waals surface area contributed by atoms with Gasteiger partial charge in [-0.2, -0.15) is 9.87 Å². The van der Waals surface area contributed by atoms with Gasteiger partial charge in [0.05, 0.1) is 4.92 Å². The van der Waals surface area contributed by atoms with Gasteiger partial charge < -0.3 is 5.73 Å². The Kier molecular flexibility index (Phi) is 4.49. The van der Waals surface area contributed by atoms with Crippen molar-refractivity contribution in [3.05, 3.63) is 39.7 Å². The minimum absolute atomic E-state index is 0.0994. The minimum Gasteiger partial charge on any atom is -0.368 e. The van der Waals surface area contributed by atoms with E-state index in [9.17, 15) is 19.3 Å². The average Bonchev–Trinajstić information content (AvgIpc) is 2.23. The summed E-state index contributed by atoms with van der Waals surface area (Å²) in [6.45, 7) is -0.211. The van der Waals surface area contributed by atoms with E-state index < -0.39 is 22.3 Å². The summed E-state index contributed by atoms with van der Waals surface area (Å²) in [6, 6.07) is 3.45. The number of carbonyl (C=O) groups is 1. The van der Waals surface area contributed by atoms with Crippen molar-refractivity contribution in [2.24, 2.45) is 5.73 Å². The molecule has 0 spiro atoms. The van der Waals surface area contributed by atoms with Crippen molar-refractivity contribution in [1.82, 2.24) is 5.48 Å². The molecule has 8 heteroatoms. The van der Waals surface area contributed by atoms with Gasteiger partial charge in [-0.1, -0.05) is 6.07 Å². The summed E-state index contributed by atoms with van der Waals surface area (Å²) in [4.78, 5) is 24.5. The summed E-state index contributed by atoms with van der Waals surface area (Å²) in [5.74, 6) is -1.57. The maximum Gasteiger partial charge on any atom is 0.304 e. The maximum atomic E-state index is 13.2. The quantitative estimate of drug-likeness (QED) is 0.422. The highest BCUT2D eigenvalue weighted by Gasteiger charge is 2.13. The van der Waals surface area contributed by atoms with Crippen LogP contribution < -0.4 is 11.2 Å². The fourth-order valence-electron chi connectivity index (χ4n) is 1.06.